The molecule has 3 aromatic rings. The number of ether oxygens (including phenoxy) is 1. The van der Waals surface area contributed by atoms with Crippen molar-refractivity contribution in [3.8, 4) is 5.75 Å². The Labute approximate surface area is 196 Å². The van der Waals surface area contributed by atoms with Gasteiger partial charge in [-0.2, -0.15) is 0 Å². The van der Waals surface area contributed by atoms with Gasteiger partial charge in [0.05, 0.1) is 17.6 Å². The maximum atomic E-state index is 13.4. The second kappa shape index (κ2) is 9.94. The summed E-state index contributed by atoms with van der Waals surface area (Å²) in [6.45, 7) is 2.14. The zero-order chi connectivity index (χ0) is 24.2. The monoisotopic (exact) mass is 465 g/mol. The van der Waals surface area contributed by atoms with Crippen molar-refractivity contribution in [2.45, 2.75) is 45.1 Å². The van der Waals surface area contributed by atoms with Crippen molar-refractivity contribution in [3.63, 3.8) is 0 Å². The van der Waals surface area contributed by atoms with Crippen molar-refractivity contribution in [2.24, 2.45) is 0 Å². The van der Waals surface area contributed by atoms with Crippen LogP contribution >= 0.6 is 0 Å². The average Bonchev–Trinajstić information content (AvgIpc) is 2.86. The summed E-state index contributed by atoms with van der Waals surface area (Å²) in [5, 5.41) is 20.8. The Morgan fingerprint density at radius 2 is 1.97 bits per heavy atom. The first-order chi connectivity index (χ1) is 16.4. The normalized spacial score (nSPS) is 15.9. The molecule has 0 radical (unpaired) electrons. The second-order valence-electron chi connectivity index (χ2n) is 8.33. The molecule has 9 nitrogen and oxygen atoms in total. The van der Waals surface area contributed by atoms with Crippen LogP contribution in [0, 0.1) is 0 Å². The molecule has 0 aliphatic carbocycles. The highest BCUT2D eigenvalue weighted by Crippen LogP contribution is 2.28. The summed E-state index contributed by atoms with van der Waals surface area (Å²) in [5.41, 5.74) is -0.701. The van der Waals surface area contributed by atoms with E-state index >= 15 is 0 Å². The van der Waals surface area contributed by atoms with Crippen LogP contribution < -0.4 is 5.56 Å². The molecule has 1 aliphatic rings. The smallest absolute Gasteiger partial charge is 0.347 e. The molecule has 1 aromatic carbocycles. The Bertz CT molecular complexity index is 1270. The van der Waals surface area contributed by atoms with E-state index in [-0.39, 0.29) is 39.9 Å². The number of piperidine rings is 1. The Hall–Kier alpha value is -3.88. The first-order valence-electron chi connectivity index (χ1n) is 11.4. The van der Waals surface area contributed by atoms with Gasteiger partial charge in [0, 0.05) is 18.8 Å². The molecule has 1 atom stereocenters. The third-order valence-electron chi connectivity index (χ3n) is 6.19. The van der Waals surface area contributed by atoms with Gasteiger partial charge in [0.25, 0.3) is 5.91 Å². The fourth-order valence-corrected chi connectivity index (χ4v) is 4.45. The number of rotatable bonds is 6. The van der Waals surface area contributed by atoms with E-state index in [1.165, 1.54) is 17.8 Å². The van der Waals surface area contributed by atoms with E-state index in [1.807, 2.05) is 23.1 Å². The molecule has 1 fully saturated rings. The number of amides is 1. The van der Waals surface area contributed by atoms with E-state index in [4.69, 9.17) is 4.74 Å². The number of fused-ring (bicyclic) bond motifs is 1. The average molecular weight is 466 g/mol. The highest BCUT2D eigenvalue weighted by molar-refractivity contribution is 6.02. The molecule has 178 valence electrons. The van der Waals surface area contributed by atoms with Gasteiger partial charge in [-0.3, -0.25) is 9.59 Å². The van der Waals surface area contributed by atoms with E-state index < -0.39 is 22.8 Å². The van der Waals surface area contributed by atoms with Crippen LogP contribution in [-0.2, 0) is 11.2 Å². The van der Waals surface area contributed by atoms with Gasteiger partial charge in [0.1, 0.15) is 5.75 Å². The number of aromatic hydroxyl groups is 1. The summed E-state index contributed by atoms with van der Waals surface area (Å²) in [7, 11) is 0. The lowest BCUT2D eigenvalue weighted by molar-refractivity contribution is 0.0515. The number of aromatic nitrogens is 2. The first-order valence-corrected chi connectivity index (χ1v) is 11.4. The molecule has 1 aliphatic heterocycles. The fraction of sp³-hybridized carbons (Fsp3) is 0.360. The van der Waals surface area contributed by atoms with Gasteiger partial charge < -0.3 is 20.0 Å². The predicted molar refractivity (Wildman–Crippen MR) is 124 cm³/mol. The Morgan fingerprint density at radius 3 is 2.71 bits per heavy atom. The fourth-order valence-electron chi connectivity index (χ4n) is 4.45. The van der Waals surface area contributed by atoms with Crippen molar-refractivity contribution in [3.05, 3.63) is 69.6 Å². The number of aryl methyl sites for hydroxylation is 1. The minimum absolute atomic E-state index is 0.0166. The third kappa shape index (κ3) is 4.46. The zero-order valence-electron chi connectivity index (χ0n) is 18.9. The summed E-state index contributed by atoms with van der Waals surface area (Å²) in [6, 6.07) is 11.5. The van der Waals surface area contributed by atoms with Crippen molar-refractivity contribution in [1.29, 1.82) is 0 Å². The van der Waals surface area contributed by atoms with Crippen LogP contribution in [0.5, 0.6) is 5.75 Å². The quantitative estimate of drug-likeness (QED) is 0.424. The van der Waals surface area contributed by atoms with E-state index in [2.05, 4.69) is 17.1 Å². The zero-order valence-corrected chi connectivity index (χ0v) is 18.9. The molecule has 2 N–H and O–H groups in total. The minimum atomic E-state index is -1.15. The number of esters is 1. The van der Waals surface area contributed by atoms with E-state index in [0.29, 0.717) is 6.54 Å². The molecular weight excluding hydrogens is 438 g/mol. The SMILES string of the molecule is CCOC(=O)c1c(O)c2cc(C(=O)N3CCCCC3CCc3ccccc3)cnc2n(O)c1=O. The summed E-state index contributed by atoms with van der Waals surface area (Å²) in [4.78, 5) is 43.8. The van der Waals surface area contributed by atoms with Gasteiger partial charge >= 0.3 is 11.5 Å². The first kappa shape index (κ1) is 23.3. The van der Waals surface area contributed by atoms with E-state index in [9.17, 15) is 24.7 Å². The summed E-state index contributed by atoms with van der Waals surface area (Å²) >= 11 is 0. The Morgan fingerprint density at radius 1 is 1.21 bits per heavy atom. The maximum Gasteiger partial charge on any atom is 0.347 e. The van der Waals surface area contributed by atoms with Gasteiger partial charge in [0.2, 0.25) is 0 Å². The third-order valence-corrected chi connectivity index (χ3v) is 6.19. The van der Waals surface area contributed by atoms with Gasteiger partial charge in [-0.05, 0) is 50.7 Å². The van der Waals surface area contributed by atoms with Crippen LogP contribution in [0.1, 0.15) is 58.9 Å². The number of hydrogen-bond acceptors (Lipinski definition) is 7. The standard InChI is InChI=1S/C25H27N3O6/c1-2-34-25(32)20-21(29)19-14-17(15-26-22(19)28(33)24(20)31)23(30)27-13-7-6-10-18(27)12-11-16-8-4-3-5-9-16/h3-5,8-9,14-15,18,29,33H,2,6-7,10-13H2,1H3. The molecule has 1 amide bonds. The Balaban J connectivity index is 1.65. The van der Waals surface area contributed by atoms with E-state index in [0.717, 1.165) is 32.1 Å². The summed E-state index contributed by atoms with van der Waals surface area (Å²) in [6.07, 6.45) is 5.77. The lowest BCUT2D eigenvalue weighted by Gasteiger charge is -2.36. The van der Waals surface area contributed by atoms with Crippen LogP contribution in [0.25, 0.3) is 11.0 Å². The van der Waals surface area contributed by atoms with Gasteiger partial charge in [0.15, 0.2) is 11.2 Å². The molecule has 0 bridgehead atoms. The van der Waals surface area contributed by atoms with Crippen LogP contribution in [0.15, 0.2) is 47.4 Å². The van der Waals surface area contributed by atoms with Crippen LogP contribution in [0.2, 0.25) is 0 Å². The highest BCUT2D eigenvalue weighted by Gasteiger charge is 2.29. The topological polar surface area (TPSA) is 122 Å². The number of likely N-dealkylation sites (tertiary alicyclic amines) is 1. The molecule has 34 heavy (non-hydrogen) atoms. The molecule has 9 heteroatoms. The molecular formula is C25H27N3O6. The number of nitrogens with zero attached hydrogens (tertiary/aromatic N) is 3. The Kier molecular flexibility index (Phi) is 6.81. The van der Waals surface area contributed by atoms with Crippen molar-refractivity contribution in [1.82, 2.24) is 14.6 Å². The lowest BCUT2D eigenvalue weighted by Crippen LogP contribution is -2.44. The van der Waals surface area contributed by atoms with Crippen LogP contribution in [0.3, 0.4) is 0 Å². The molecule has 3 heterocycles. The van der Waals surface area contributed by atoms with Crippen LogP contribution in [-0.4, -0.2) is 56.0 Å². The predicted octanol–water partition coefficient (Wildman–Crippen LogP) is 3.14. The van der Waals surface area contributed by atoms with Crippen molar-refractivity contribution >= 4 is 22.9 Å². The van der Waals surface area contributed by atoms with E-state index in [1.54, 1.807) is 6.92 Å². The van der Waals surface area contributed by atoms with Crippen LogP contribution in [0.4, 0.5) is 0 Å². The minimum Gasteiger partial charge on any atom is -0.506 e. The lowest BCUT2D eigenvalue weighted by atomic mass is 9.95. The molecule has 0 saturated carbocycles. The number of benzene rings is 1. The summed E-state index contributed by atoms with van der Waals surface area (Å²) < 4.78 is 5.00. The molecule has 4 rings (SSSR count). The highest BCUT2D eigenvalue weighted by atomic mass is 16.5. The molecule has 1 unspecified atom stereocenters. The summed E-state index contributed by atoms with van der Waals surface area (Å²) in [5.74, 6) is -1.99. The molecule has 0 spiro atoms. The van der Waals surface area contributed by atoms with Gasteiger partial charge in [-0.15, -0.1) is 4.73 Å². The molecule has 2 aromatic heterocycles. The second-order valence-corrected chi connectivity index (χ2v) is 8.33. The number of hydrogen-bond donors (Lipinski definition) is 2. The van der Waals surface area contributed by atoms with Crippen molar-refractivity contribution < 1.29 is 24.6 Å². The largest absolute Gasteiger partial charge is 0.506 e. The molecule has 1 saturated heterocycles. The number of carbonyl (C=O) groups is 2. The maximum absolute atomic E-state index is 13.4. The van der Waals surface area contributed by atoms with Gasteiger partial charge in [-0.25, -0.2) is 9.78 Å². The van der Waals surface area contributed by atoms with Gasteiger partial charge in [-0.1, -0.05) is 30.3 Å². The number of pyridine rings is 2. The van der Waals surface area contributed by atoms with Crippen molar-refractivity contribution in [2.75, 3.05) is 13.2 Å². The number of carbonyl (C=O) groups excluding carboxylic acids is 2.